The summed E-state index contributed by atoms with van der Waals surface area (Å²) in [4.78, 5) is 39.4. The zero-order chi connectivity index (χ0) is 19.8. The molecule has 1 aromatic carbocycles. The summed E-state index contributed by atoms with van der Waals surface area (Å²) >= 11 is 0. The fraction of sp³-hybridized carbons (Fsp3) is 0.526. The lowest BCUT2D eigenvalue weighted by Gasteiger charge is -2.25. The van der Waals surface area contributed by atoms with Crippen LogP contribution in [0.25, 0.3) is 0 Å². The van der Waals surface area contributed by atoms with E-state index in [-0.39, 0.29) is 43.2 Å². The number of hydrogen-bond acceptors (Lipinski definition) is 4. The van der Waals surface area contributed by atoms with Gasteiger partial charge in [-0.1, -0.05) is 12.1 Å². The molecule has 0 aromatic heterocycles. The third kappa shape index (κ3) is 3.95. The number of β-amino-alcohol motifs (C(OH)–C–C–N with tert-alkyl or cyclic N) is 1. The molecule has 2 fully saturated rings. The van der Waals surface area contributed by atoms with Gasteiger partial charge in [0.1, 0.15) is 11.4 Å². The number of rotatable bonds is 5. The van der Waals surface area contributed by atoms with Crippen molar-refractivity contribution in [2.75, 3.05) is 13.1 Å². The van der Waals surface area contributed by atoms with Crippen LogP contribution >= 0.6 is 0 Å². The number of aliphatic hydroxyl groups is 1. The van der Waals surface area contributed by atoms with E-state index in [1.165, 1.54) is 12.1 Å². The van der Waals surface area contributed by atoms with Crippen LogP contribution in [-0.4, -0.2) is 57.5 Å². The molecule has 3 rings (SSSR count). The molecule has 0 aliphatic carbocycles. The number of benzene rings is 1. The highest BCUT2D eigenvalue weighted by atomic mass is 19.1. The van der Waals surface area contributed by atoms with Gasteiger partial charge in [0.25, 0.3) is 5.91 Å². The van der Waals surface area contributed by atoms with Gasteiger partial charge in [-0.3, -0.25) is 14.5 Å². The van der Waals surface area contributed by atoms with Crippen LogP contribution in [0, 0.1) is 5.82 Å². The lowest BCUT2D eigenvalue weighted by Crippen LogP contribution is -2.40. The number of likely N-dealkylation sites (tertiary alicyclic amines) is 1. The van der Waals surface area contributed by atoms with Crippen LogP contribution in [0.3, 0.4) is 0 Å². The summed E-state index contributed by atoms with van der Waals surface area (Å²) < 4.78 is 13.1. The minimum Gasteiger partial charge on any atom is -0.391 e. The highest BCUT2D eigenvalue weighted by Gasteiger charge is 2.44. The summed E-state index contributed by atoms with van der Waals surface area (Å²) in [6.07, 6.45) is 0.271. The van der Waals surface area contributed by atoms with Gasteiger partial charge >= 0.3 is 6.03 Å². The summed E-state index contributed by atoms with van der Waals surface area (Å²) in [6.45, 7) is 3.66. The molecule has 2 heterocycles. The maximum Gasteiger partial charge on any atom is 0.325 e. The van der Waals surface area contributed by atoms with Gasteiger partial charge < -0.3 is 15.3 Å². The lowest BCUT2D eigenvalue weighted by molar-refractivity contribution is -0.134. The second kappa shape index (κ2) is 7.26. The lowest BCUT2D eigenvalue weighted by atomic mass is 10.0. The zero-order valence-electron chi connectivity index (χ0n) is 15.4. The van der Waals surface area contributed by atoms with Crippen molar-refractivity contribution in [2.24, 2.45) is 0 Å². The Labute approximate surface area is 157 Å². The summed E-state index contributed by atoms with van der Waals surface area (Å²) in [5.41, 5.74) is -0.148. The molecule has 2 N–H and O–H groups in total. The van der Waals surface area contributed by atoms with Crippen molar-refractivity contribution in [2.45, 2.75) is 50.8 Å². The first-order chi connectivity index (χ1) is 12.7. The molecule has 4 amide bonds. The number of imide groups is 1. The van der Waals surface area contributed by atoms with E-state index >= 15 is 0 Å². The number of carbonyl (C=O) groups is 3. The normalized spacial score (nSPS) is 24.4. The minimum absolute atomic E-state index is 0.155. The van der Waals surface area contributed by atoms with Gasteiger partial charge in [0.05, 0.1) is 12.1 Å². The predicted octanol–water partition coefficient (Wildman–Crippen LogP) is 1.57. The van der Waals surface area contributed by atoms with Crippen LogP contribution in [-0.2, 0) is 9.59 Å². The molecular formula is C19H24FN3O4. The van der Waals surface area contributed by atoms with E-state index in [4.69, 9.17) is 0 Å². The fourth-order valence-electron chi connectivity index (χ4n) is 3.64. The monoisotopic (exact) mass is 377 g/mol. The standard InChI is InChI=1S/C19H24FN3O4/c1-19(2)17(26)22(18(27)21-19)9-3-4-16(25)23-11-14(24)10-15(23)12-5-7-13(20)8-6-12/h5-8,14-15,24H,3-4,9-11H2,1-2H3,(H,21,27)/t14-,15+/m1/s1. The van der Waals surface area contributed by atoms with Crippen LogP contribution in [0.15, 0.2) is 24.3 Å². The quantitative estimate of drug-likeness (QED) is 0.763. The van der Waals surface area contributed by atoms with Crippen LogP contribution in [0.1, 0.15) is 44.7 Å². The van der Waals surface area contributed by atoms with Crippen molar-refractivity contribution < 1.29 is 23.9 Å². The highest BCUT2D eigenvalue weighted by molar-refractivity contribution is 6.06. The molecule has 27 heavy (non-hydrogen) atoms. The highest BCUT2D eigenvalue weighted by Crippen LogP contribution is 2.33. The Hall–Kier alpha value is -2.48. The van der Waals surface area contributed by atoms with Gasteiger partial charge in [-0.2, -0.15) is 0 Å². The van der Waals surface area contributed by atoms with E-state index in [1.54, 1.807) is 30.9 Å². The number of aliphatic hydroxyl groups excluding tert-OH is 1. The number of amides is 4. The molecule has 0 spiro atoms. The van der Waals surface area contributed by atoms with Crippen molar-refractivity contribution >= 4 is 17.8 Å². The second-order valence-electron chi connectivity index (χ2n) is 7.62. The minimum atomic E-state index is -0.923. The molecule has 0 bridgehead atoms. The molecule has 146 valence electrons. The summed E-state index contributed by atoms with van der Waals surface area (Å²) in [5, 5.41) is 12.6. The molecule has 8 heteroatoms. The first-order valence-corrected chi connectivity index (χ1v) is 9.06. The Balaban J connectivity index is 1.59. The van der Waals surface area contributed by atoms with Crippen molar-refractivity contribution in [1.29, 1.82) is 0 Å². The Kier molecular flexibility index (Phi) is 5.19. The third-order valence-electron chi connectivity index (χ3n) is 5.07. The van der Waals surface area contributed by atoms with Gasteiger partial charge in [0, 0.05) is 19.5 Å². The first-order valence-electron chi connectivity index (χ1n) is 9.06. The van der Waals surface area contributed by atoms with Crippen molar-refractivity contribution in [3.63, 3.8) is 0 Å². The average molecular weight is 377 g/mol. The fourth-order valence-corrected chi connectivity index (χ4v) is 3.64. The smallest absolute Gasteiger partial charge is 0.325 e. The van der Waals surface area contributed by atoms with Gasteiger partial charge in [0.15, 0.2) is 0 Å². The summed E-state index contributed by atoms with van der Waals surface area (Å²) in [6, 6.07) is 5.16. The van der Waals surface area contributed by atoms with Crippen LogP contribution < -0.4 is 5.32 Å². The number of nitrogens with one attached hydrogen (secondary N) is 1. The van der Waals surface area contributed by atoms with E-state index in [9.17, 15) is 23.9 Å². The number of hydrogen-bond donors (Lipinski definition) is 2. The van der Waals surface area contributed by atoms with Gasteiger partial charge in [-0.05, 0) is 44.4 Å². The summed E-state index contributed by atoms with van der Waals surface area (Å²) in [7, 11) is 0. The molecule has 0 unspecified atom stereocenters. The maximum absolute atomic E-state index is 13.1. The van der Waals surface area contributed by atoms with Gasteiger partial charge in [-0.25, -0.2) is 9.18 Å². The second-order valence-corrected chi connectivity index (χ2v) is 7.62. The first kappa shape index (κ1) is 19.3. The van der Waals surface area contributed by atoms with E-state index in [0.717, 1.165) is 10.5 Å². The molecule has 2 atom stereocenters. The number of carbonyl (C=O) groups excluding carboxylic acids is 3. The third-order valence-corrected chi connectivity index (χ3v) is 5.07. The van der Waals surface area contributed by atoms with E-state index in [2.05, 4.69) is 5.32 Å². The molecule has 2 saturated heterocycles. The number of urea groups is 1. The van der Waals surface area contributed by atoms with E-state index in [0.29, 0.717) is 12.8 Å². The number of nitrogens with zero attached hydrogens (tertiary/aromatic N) is 2. The molecular weight excluding hydrogens is 353 g/mol. The number of halogens is 1. The largest absolute Gasteiger partial charge is 0.391 e. The Morgan fingerprint density at radius 1 is 1.30 bits per heavy atom. The van der Waals surface area contributed by atoms with E-state index < -0.39 is 17.7 Å². The maximum atomic E-state index is 13.1. The molecule has 0 radical (unpaired) electrons. The van der Waals surface area contributed by atoms with Crippen molar-refractivity contribution in [3.8, 4) is 0 Å². The van der Waals surface area contributed by atoms with Crippen molar-refractivity contribution in [3.05, 3.63) is 35.6 Å². The summed E-state index contributed by atoms with van der Waals surface area (Å²) in [5.74, 6) is -0.820. The van der Waals surface area contributed by atoms with Gasteiger partial charge in [-0.15, -0.1) is 0 Å². The molecule has 1 aromatic rings. The van der Waals surface area contributed by atoms with E-state index in [1.807, 2.05) is 0 Å². The predicted molar refractivity (Wildman–Crippen MR) is 95.0 cm³/mol. The SMILES string of the molecule is CC1(C)NC(=O)N(CCCC(=O)N2C[C@H](O)C[C@H]2c2ccc(F)cc2)C1=O. The topological polar surface area (TPSA) is 90.0 Å². The van der Waals surface area contributed by atoms with Crippen LogP contribution in [0.2, 0.25) is 0 Å². The van der Waals surface area contributed by atoms with Crippen LogP contribution in [0.4, 0.5) is 9.18 Å². The zero-order valence-corrected chi connectivity index (χ0v) is 15.4. The van der Waals surface area contributed by atoms with Crippen LogP contribution in [0.5, 0.6) is 0 Å². The van der Waals surface area contributed by atoms with Crippen molar-refractivity contribution in [1.82, 2.24) is 15.1 Å². The van der Waals surface area contributed by atoms with Gasteiger partial charge in [0.2, 0.25) is 5.91 Å². The molecule has 7 nitrogen and oxygen atoms in total. The average Bonchev–Trinajstić information content (AvgIpc) is 3.07. The Morgan fingerprint density at radius 3 is 2.56 bits per heavy atom. The molecule has 2 aliphatic heterocycles. The molecule has 0 saturated carbocycles. The Morgan fingerprint density at radius 2 is 1.96 bits per heavy atom. The Bertz CT molecular complexity index is 750. The molecule has 2 aliphatic rings.